The van der Waals surface area contributed by atoms with Crippen molar-refractivity contribution < 1.29 is 0 Å². The van der Waals surface area contributed by atoms with Crippen LogP contribution in [-0.4, -0.2) is 67.6 Å². The monoisotopic (exact) mass is 282 g/mol. The fraction of sp³-hybridized carbons (Fsp3) is 0.786. The Morgan fingerprint density at radius 1 is 1.47 bits per heavy atom. The number of nitrogens with zero attached hydrogens (tertiary/aromatic N) is 3. The van der Waals surface area contributed by atoms with Gasteiger partial charge in [-0.1, -0.05) is 0 Å². The molecule has 4 nitrogen and oxygen atoms in total. The lowest BCUT2D eigenvalue weighted by Gasteiger charge is -2.39. The molecule has 0 aliphatic carbocycles. The average molecular weight is 282 g/mol. The van der Waals surface area contributed by atoms with Gasteiger partial charge in [0.15, 0.2) is 0 Å². The molecule has 2 atom stereocenters. The molecule has 108 valence electrons. The lowest BCUT2D eigenvalue weighted by atomic mass is 10.00. The highest BCUT2D eigenvalue weighted by Gasteiger charge is 2.25. The molecule has 2 heterocycles. The van der Waals surface area contributed by atoms with Crippen LogP contribution < -0.4 is 5.32 Å². The molecule has 0 bridgehead atoms. The topological polar surface area (TPSA) is 31.4 Å². The van der Waals surface area contributed by atoms with Crippen LogP contribution in [0.15, 0.2) is 5.38 Å². The second kappa shape index (κ2) is 6.79. The van der Waals surface area contributed by atoms with Gasteiger partial charge in [0.1, 0.15) is 0 Å². The molecule has 1 fully saturated rings. The standard InChI is InChI=1S/C14H26N4S/c1-11-16-13(10-19-11)7-12(15-2)8-14-9-17(3)5-6-18(14)4/h10,12,14-15H,5-9H2,1-4H3. The molecule has 1 aromatic heterocycles. The van der Waals surface area contributed by atoms with Crippen molar-refractivity contribution in [2.45, 2.75) is 31.8 Å². The summed E-state index contributed by atoms with van der Waals surface area (Å²) in [6, 6.07) is 1.16. The lowest BCUT2D eigenvalue weighted by Crippen LogP contribution is -2.52. The number of rotatable bonds is 5. The van der Waals surface area contributed by atoms with E-state index in [4.69, 9.17) is 0 Å². The van der Waals surface area contributed by atoms with Gasteiger partial charge in [0, 0.05) is 43.5 Å². The molecule has 1 aliphatic heterocycles. The van der Waals surface area contributed by atoms with Crippen LogP contribution in [0.3, 0.4) is 0 Å². The van der Waals surface area contributed by atoms with Gasteiger partial charge in [-0.2, -0.15) is 0 Å². The highest BCUT2D eigenvalue weighted by atomic mass is 32.1. The van der Waals surface area contributed by atoms with Crippen LogP contribution in [0.4, 0.5) is 0 Å². The van der Waals surface area contributed by atoms with Gasteiger partial charge in [-0.25, -0.2) is 4.98 Å². The van der Waals surface area contributed by atoms with Crippen LogP contribution in [0, 0.1) is 6.92 Å². The van der Waals surface area contributed by atoms with E-state index >= 15 is 0 Å². The fourth-order valence-corrected chi connectivity index (χ4v) is 3.37. The van der Waals surface area contributed by atoms with Gasteiger partial charge in [0.25, 0.3) is 0 Å². The molecular weight excluding hydrogens is 256 g/mol. The third kappa shape index (κ3) is 4.24. The minimum absolute atomic E-state index is 0.514. The summed E-state index contributed by atoms with van der Waals surface area (Å²) >= 11 is 1.75. The van der Waals surface area contributed by atoms with Gasteiger partial charge < -0.3 is 15.1 Å². The van der Waals surface area contributed by atoms with Crippen LogP contribution in [0.2, 0.25) is 0 Å². The largest absolute Gasteiger partial charge is 0.317 e. The average Bonchev–Trinajstić information content (AvgIpc) is 2.78. The number of likely N-dealkylation sites (N-methyl/N-ethyl adjacent to an activating group) is 3. The van der Waals surface area contributed by atoms with E-state index in [1.165, 1.54) is 36.8 Å². The molecule has 5 heteroatoms. The molecule has 0 saturated carbocycles. The van der Waals surface area contributed by atoms with Crippen molar-refractivity contribution in [1.82, 2.24) is 20.1 Å². The number of hydrogen-bond donors (Lipinski definition) is 1. The highest BCUT2D eigenvalue weighted by molar-refractivity contribution is 7.09. The van der Waals surface area contributed by atoms with Gasteiger partial charge in [0.2, 0.25) is 0 Å². The second-order valence-corrected chi connectivity index (χ2v) is 6.74. The Bertz CT molecular complexity index is 393. The molecule has 1 aromatic rings. The van der Waals surface area contributed by atoms with E-state index in [0.29, 0.717) is 12.1 Å². The quantitative estimate of drug-likeness (QED) is 0.880. The van der Waals surface area contributed by atoms with E-state index in [0.717, 1.165) is 6.42 Å². The van der Waals surface area contributed by atoms with Crippen molar-refractivity contribution in [3.8, 4) is 0 Å². The van der Waals surface area contributed by atoms with E-state index in [1.807, 2.05) is 0 Å². The summed E-state index contributed by atoms with van der Waals surface area (Å²) in [4.78, 5) is 9.51. The molecule has 0 spiro atoms. The van der Waals surface area contributed by atoms with E-state index in [1.54, 1.807) is 11.3 Å². The SMILES string of the molecule is CNC(Cc1csc(C)n1)CC1CN(C)CCN1C. The Morgan fingerprint density at radius 3 is 2.89 bits per heavy atom. The van der Waals surface area contributed by atoms with Crippen molar-refractivity contribution in [1.29, 1.82) is 0 Å². The normalized spacial score (nSPS) is 23.7. The zero-order valence-electron chi connectivity index (χ0n) is 12.5. The van der Waals surface area contributed by atoms with Crippen molar-refractivity contribution >= 4 is 11.3 Å². The number of nitrogens with one attached hydrogen (secondary N) is 1. The minimum atomic E-state index is 0.514. The molecule has 1 saturated heterocycles. The Labute approximate surface area is 120 Å². The zero-order valence-corrected chi connectivity index (χ0v) is 13.3. The van der Waals surface area contributed by atoms with Crippen molar-refractivity contribution in [3.05, 3.63) is 16.1 Å². The summed E-state index contributed by atoms with van der Waals surface area (Å²) in [5, 5.41) is 6.82. The van der Waals surface area contributed by atoms with Crippen LogP contribution in [0.5, 0.6) is 0 Å². The minimum Gasteiger partial charge on any atom is -0.317 e. The predicted octanol–water partition coefficient (Wildman–Crippen LogP) is 1.22. The van der Waals surface area contributed by atoms with Crippen molar-refractivity contribution in [2.75, 3.05) is 40.8 Å². The van der Waals surface area contributed by atoms with Crippen LogP contribution in [0.1, 0.15) is 17.1 Å². The predicted molar refractivity (Wildman–Crippen MR) is 81.9 cm³/mol. The van der Waals surface area contributed by atoms with E-state index in [-0.39, 0.29) is 0 Å². The first-order valence-electron chi connectivity index (χ1n) is 7.05. The second-order valence-electron chi connectivity index (χ2n) is 5.68. The summed E-state index contributed by atoms with van der Waals surface area (Å²) in [7, 11) is 6.53. The zero-order chi connectivity index (χ0) is 13.8. The lowest BCUT2D eigenvalue weighted by molar-refractivity contribution is 0.101. The van der Waals surface area contributed by atoms with Crippen LogP contribution in [-0.2, 0) is 6.42 Å². The molecule has 2 unspecified atom stereocenters. The maximum atomic E-state index is 4.58. The highest BCUT2D eigenvalue weighted by Crippen LogP contribution is 2.16. The van der Waals surface area contributed by atoms with Gasteiger partial charge in [-0.15, -0.1) is 11.3 Å². The Hall–Kier alpha value is -0.490. The third-order valence-electron chi connectivity index (χ3n) is 4.07. The first-order valence-corrected chi connectivity index (χ1v) is 7.93. The van der Waals surface area contributed by atoms with Gasteiger partial charge in [-0.05, 0) is 34.5 Å². The van der Waals surface area contributed by atoms with Crippen LogP contribution in [0.25, 0.3) is 0 Å². The summed E-state index contributed by atoms with van der Waals surface area (Å²) in [6.07, 6.45) is 2.23. The van der Waals surface area contributed by atoms with Crippen LogP contribution >= 0.6 is 11.3 Å². The summed E-state index contributed by atoms with van der Waals surface area (Å²) < 4.78 is 0. The third-order valence-corrected chi connectivity index (χ3v) is 4.89. The molecule has 0 aromatic carbocycles. The van der Waals surface area contributed by atoms with E-state index in [2.05, 4.69) is 53.5 Å². The Kier molecular flexibility index (Phi) is 5.33. The van der Waals surface area contributed by atoms with Crippen molar-refractivity contribution in [2.24, 2.45) is 0 Å². The summed E-state index contributed by atoms with van der Waals surface area (Å²) in [5.41, 5.74) is 1.23. The molecule has 2 rings (SSSR count). The first-order chi connectivity index (χ1) is 9.08. The summed E-state index contributed by atoms with van der Waals surface area (Å²) in [6.45, 7) is 5.60. The van der Waals surface area contributed by atoms with Gasteiger partial charge >= 0.3 is 0 Å². The molecule has 0 amide bonds. The maximum absolute atomic E-state index is 4.58. The number of aryl methyl sites for hydroxylation is 1. The van der Waals surface area contributed by atoms with E-state index in [9.17, 15) is 0 Å². The van der Waals surface area contributed by atoms with Gasteiger partial charge in [0.05, 0.1) is 10.7 Å². The van der Waals surface area contributed by atoms with E-state index < -0.39 is 0 Å². The number of thiazole rings is 1. The molecular formula is C14H26N4S. The first kappa shape index (κ1) is 14.9. The summed E-state index contributed by atoms with van der Waals surface area (Å²) in [5.74, 6) is 0. The molecule has 19 heavy (non-hydrogen) atoms. The smallest absolute Gasteiger partial charge is 0.0897 e. The maximum Gasteiger partial charge on any atom is 0.0897 e. The van der Waals surface area contributed by atoms with Crippen molar-refractivity contribution in [3.63, 3.8) is 0 Å². The molecule has 1 aliphatic rings. The van der Waals surface area contributed by atoms with Gasteiger partial charge in [-0.3, -0.25) is 0 Å². The fourth-order valence-electron chi connectivity index (χ4n) is 2.74. The number of aromatic nitrogens is 1. The molecule has 0 radical (unpaired) electrons. The molecule has 1 N–H and O–H groups in total. The number of hydrogen-bond acceptors (Lipinski definition) is 5. The number of piperazine rings is 1. The Balaban J connectivity index is 1.90. The Morgan fingerprint density at radius 2 is 2.26 bits per heavy atom.